The van der Waals surface area contributed by atoms with Crippen molar-refractivity contribution in [1.29, 1.82) is 0 Å². The molecule has 0 aromatic heterocycles. The lowest BCUT2D eigenvalue weighted by Gasteiger charge is -2.35. The van der Waals surface area contributed by atoms with Crippen LogP contribution in [0.2, 0.25) is 0 Å². The second-order valence-corrected chi connectivity index (χ2v) is 7.64. The summed E-state index contributed by atoms with van der Waals surface area (Å²) in [5.41, 5.74) is 17.3. The number of rotatable bonds is 2. The van der Waals surface area contributed by atoms with Crippen molar-refractivity contribution >= 4 is 17.2 Å². The molecule has 1 aromatic rings. The zero-order valence-corrected chi connectivity index (χ0v) is 14.6. The number of carbonyl (C=O) groups excluding carboxylic acids is 1. The molecule has 134 valence electrons. The molecular weight excluding hydrogens is 317 g/mol. The fourth-order valence-corrected chi connectivity index (χ4v) is 4.78. The van der Waals surface area contributed by atoms with E-state index in [1.165, 1.54) is 30.1 Å². The number of carbonyl (C=O) groups is 1. The molecule has 0 bridgehead atoms. The second-order valence-electron chi connectivity index (χ2n) is 7.64. The number of hydrogen-bond acceptors (Lipinski definition) is 3. The van der Waals surface area contributed by atoms with Crippen LogP contribution in [0.4, 0.5) is 10.1 Å². The van der Waals surface area contributed by atoms with E-state index in [-0.39, 0.29) is 11.9 Å². The molecule has 3 aliphatic rings. The number of nitrogens with zero attached hydrogens (tertiary/aromatic N) is 1. The Balaban J connectivity index is 1.89. The van der Waals surface area contributed by atoms with Gasteiger partial charge in [-0.15, -0.1) is 0 Å². The largest absolute Gasteiger partial charge is 0.367 e. The maximum atomic E-state index is 15.1. The molecule has 0 unspecified atom stereocenters. The Hall–Kier alpha value is -1.88. The molecule has 0 saturated carbocycles. The van der Waals surface area contributed by atoms with E-state index in [1.54, 1.807) is 0 Å². The SMILES string of the molecule is NC(=O)c1cc(F)c(N2CCC[C@H](N)C2)c2c1CC1=C2CCCCC1. The molecule has 1 amide bonds. The van der Waals surface area contributed by atoms with Crippen LogP contribution in [0.3, 0.4) is 0 Å². The Bertz CT molecular complexity index is 756. The zero-order valence-electron chi connectivity index (χ0n) is 14.6. The fraction of sp³-hybridized carbons (Fsp3) is 0.550. The van der Waals surface area contributed by atoms with Gasteiger partial charge in [0.25, 0.3) is 0 Å². The Morgan fingerprint density at radius 2 is 2.00 bits per heavy atom. The van der Waals surface area contributed by atoms with E-state index >= 15 is 4.39 Å². The number of piperidine rings is 1. The zero-order chi connectivity index (χ0) is 17.6. The van der Waals surface area contributed by atoms with Crippen molar-refractivity contribution in [2.24, 2.45) is 11.5 Å². The number of primary amides is 1. The van der Waals surface area contributed by atoms with Crippen molar-refractivity contribution < 1.29 is 9.18 Å². The highest BCUT2D eigenvalue weighted by atomic mass is 19.1. The third-order valence-corrected chi connectivity index (χ3v) is 5.92. The van der Waals surface area contributed by atoms with Crippen LogP contribution in [0.25, 0.3) is 5.57 Å². The normalized spacial score (nSPS) is 23.3. The summed E-state index contributed by atoms with van der Waals surface area (Å²) in [4.78, 5) is 14.0. The maximum absolute atomic E-state index is 15.1. The first kappa shape index (κ1) is 16.6. The third kappa shape index (κ3) is 2.84. The van der Waals surface area contributed by atoms with Gasteiger partial charge in [-0.2, -0.15) is 0 Å². The Morgan fingerprint density at radius 3 is 2.76 bits per heavy atom. The van der Waals surface area contributed by atoms with Crippen LogP contribution in [0.15, 0.2) is 11.6 Å². The average molecular weight is 343 g/mol. The summed E-state index contributed by atoms with van der Waals surface area (Å²) in [6.45, 7) is 1.48. The number of hydrogen-bond donors (Lipinski definition) is 2. The smallest absolute Gasteiger partial charge is 0.249 e. The van der Waals surface area contributed by atoms with Crippen LogP contribution in [0, 0.1) is 5.82 Å². The van der Waals surface area contributed by atoms with Gasteiger partial charge in [0.1, 0.15) is 5.82 Å². The van der Waals surface area contributed by atoms with Gasteiger partial charge >= 0.3 is 0 Å². The number of nitrogens with two attached hydrogens (primary N) is 2. The van der Waals surface area contributed by atoms with E-state index in [2.05, 4.69) is 4.90 Å². The molecule has 2 aliphatic carbocycles. The molecule has 4 N–H and O–H groups in total. The predicted octanol–water partition coefficient (Wildman–Crippen LogP) is 3.13. The van der Waals surface area contributed by atoms with Crippen LogP contribution in [0.1, 0.15) is 66.4 Å². The number of allylic oxidation sites excluding steroid dienone is 2. The van der Waals surface area contributed by atoms with E-state index in [0.717, 1.165) is 56.2 Å². The molecule has 1 heterocycles. The number of fused-ring (bicyclic) bond motifs is 2. The number of benzene rings is 1. The summed E-state index contributed by atoms with van der Waals surface area (Å²) >= 11 is 0. The molecule has 1 saturated heterocycles. The Kier molecular flexibility index (Phi) is 4.28. The Labute approximate surface area is 148 Å². The van der Waals surface area contributed by atoms with E-state index in [0.29, 0.717) is 17.8 Å². The van der Waals surface area contributed by atoms with Gasteiger partial charge in [0, 0.05) is 30.3 Å². The highest BCUT2D eigenvalue weighted by molar-refractivity contribution is 5.99. The topological polar surface area (TPSA) is 72.4 Å². The van der Waals surface area contributed by atoms with Crippen molar-refractivity contribution in [1.82, 2.24) is 0 Å². The first-order valence-corrected chi connectivity index (χ1v) is 9.43. The van der Waals surface area contributed by atoms with Crippen LogP contribution in [-0.2, 0) is 6.42 Å². The molecule has 25 heavy (non-hydrogen) atoms. The molecule has 1 atom stereocenters. The highest BCUT2D eigenvalue weighted by Gasteiger charge is 2.33. The molecular formula is C20H26FN3O. The summed E-state index contributed by atoms with van der Waals surface area (Å²) in [6.07, 6.45) is 8.22. The van der Waals surface area contributed by atoms with Crippen molar-refractivity contribution in [2.75, 3.05) is 18.0 Å². The summed E-state index contributed by atoms with van der Waals surface area (Å²) in [7, 11) is 0. The van der Waals surface area contributed by atoms with E-state index in [4.69, 9.17) is 11.5 Å². The minimum atomic E-state index is -0.533. The number of amides is 1. The number of halogens is 1. The predicted molar refractivity (Wildman–Crippen MR) is 98.0 cm³/mol. The summed E-state index contributed by atoms with van der Waals surface area (Å²) in [5, 5.41) is 0. The summed E-state index contributed by atoms with van der Waals surface area (Å²) in [5.74, 6) is -0.866. The lowest BCUT2D eigenvalue weighted by Crippen LogP contribution is -2.43. The van der Waals surface area contributed by atoms with Crippen LogP contribution < -0.4 is 16.4 Å². The minimum Gasteiger partial charge on any atom is -0.367 e. The molecule has 4 rings (SSSR count). The van der Waals surface area contributed by atoms with Gasteiger partial charge in [-0.3, -0.25) is 4.79 Å². The molecule has 0 spiro atoms. The van der Waals surface area contributed by atoms with Gasteiger partial charge < -0.3 is 16.4 Å². The Morgan fingerprint density at radius 1 is 1.20 bits per heavy atom. The first-order chi connectivity index (χ1) is 12.1. The fourth-order valence-electron chi connectivity index (χ4n) is 4.78. The summed E-state index contributed by atoms with van der Waals surface area (Å²) in [6, 6.07) is 1.42. The van der Waals surface area contributed by atoms with Gasteiger partial charge in [0.05, 0.1) is 5.69 Å². The van der Waals surface area contributed by atoms with Crippen LogP contribution in [-0.4, -0.2) is 25.0 Å². The monoisotopic (exact) mass is 343 g/mol. The van der Waals surface area contributed by atoms with Crippen molar-refractivity contribution in [2.45, 2.75) is 57.4 Å². The lowest BCUT2D eigenvalue weighted by molar-refractivity contribution is 0.0999. The van der Waals surface area contributed by atoms with Gasteiger partial charge in [-0.05, 0) is 62.1 Å². The lowest BCUT2D eigenvalue weighted by atomic mass is 9.93. The van der Waals surface area contributed by atoms with Gasteiger partial charge in [0.2, 0.25) is 5.91 Å². The quantitative estimate of drug-likeness (QED) is 0.866. The van der Waals surface area contributed by atoms with Crippen molar-refractivity contribution in [3.8, 4) is 0 Å². The minimum absolute atomic E-state index is 0.0728. The maximum Gasteiger partial charge on any atom is 0.249 e. The second kappa shape index (κ2) is 6.45. The average Bonchev–Trinajstić information content (AvgIpc) is 2.76. The molecule has 5 heteroatoms. The van der Waals surface area contributed by atoms with E-state index < -0.39 is 5.91 Å². The first-order valence-electron chi connectivity index (χ1n) is 9.43. The molecule has 1 fully saturated rings. The van der Waals surface area contributed by atoms with Crippen LogP contribution >= 0.6 is 0 Å². The standard InChI is InChI=1S/C20H26FN3O/c21-17-10-16(20(23)25)15-9-12-5-2-1-3-7-14(12)18(15)19(17)24-8-4-6-13(22)11-24/h10,13H,1-9,11,22H2,(H2,23,25)/t13-/m0/s1. The molecule has 1 aromatic carbocycles. The molecule has 1 aliphatic heterocycles. The van der Waals surface area contributed by atoms with Crippen molar-refractivity contribution in [3.05, 3.63) is 34.1 Å². The highest BCUT2D eigenvalue weighted by Crippen LogP contribution is 2.47. The number of anilines is 1. The van der Waals surface area contributed by atoms with Gasteiger partial charge in [-0.1, -0.05) is 12.0 Å². The van der Waals surface area contributed by atoms with Crippen LogP contribution in [0.5, 0.6) is 0 Å². The van der Waals surface area contributed by atoms with Crippen molar-refractivity contribution in [3.63, 3.8) is 0 Å². The summed E-state index contributed by atoms with van der Waals surface area (Å²) < 4.78 is 15.1. The van der Waals surface area contributed by atoms with E-state index in [1.807, 2.05) is 0 Å². The molecule has 0 radical (unpaired) electrons. The van der Waals surface area contributed by atoms with E-state index in [9.17, 15) is 4.79 Å². The molecule has 4 nitrogen and oxygen atoms in total. The third-order valence-electron chi connectivity index (χ3n) is 5.92. The van der Waals surface area contributed by atoms with Gasteiger partial charge in [-0.25, -0.2) is 4.39 Å². The van der Waals surface area contributed by atoms with Gasteiger partial charge in [0.15, 0.2) is 0 Å².